The molecule has 3 N–H and O–H groups in total. The van der Waals surface area contributed by atoms with Crippen LogP contribution in [-0.4, -0.2) is 71.1 Å². The molecule has 4 rings (SSSR count). The average Bonchev–Trinajstić information content (AvgIpc) is 3.52. The third kappa shape index (κ3) is 7.73. The van der Waals surface area contributed by atoms with Crippen LogP contribution in [0.3, 0.4) is 0 Å². The van der Waals surface area contributed by atoms with Crippen LogP contribution in [0.15, 0.2) is 47.8 Å². The van der Waals surface area contributed by atoms with E-state index in [4.69, 9.17) is 11.6 Å². The average molecular weight is 560 g/mol. The van der Waals surface area contributed by atoms with Gasteiger partial charge in [-0.2, -0.15) is 10.1 Å². The second-order valence-corrected chi connectivity index (χ2v) is 11.2. The maximum atomic E-state index is 12.7. The van der Waals surface area contributed by atoms with Crippen molar-refractivity contribution >= 4 is 51.2 Å². The van der Waals surface area contributed by atoms with Crippen molar-refractivity contribution in [3.05, 3.63) is 59.0 Å². The summed E-state index contributed by atoms with van der Waals surface area (Å²) in [5, 5.41) is 10.9. The van der Waals surface area contributed by atoms with Crippen molar-refractivity contribution in [2.45, 2.75) is 38.5 Å². The molecule has 3 heterocycles. The Morgan fingerprint density at radius 3 is 2.82 bits per heavy atom. The number of nitrogens with one attached hydrogen (secondary N) is 3. The summed E-state index contributed by atoms with van der Waals surface area (Å²) in [5.74, 6) is 0.740. The van der Waals surface area contributed by atoms with Crippen molar-refractivity contribution in [2.75, 3.05) is 30.5 Å². The highest BCUT2D eigenvalue weighted by Gasteiger charge is 2.27. The number of halogens is 1. The highest BCUT2D eigenvalue weighted by molar-refractivity contribution is 7.88. The monoisotopic (exact) mass is 559 g/mol. The Kier molecular flexibility index (Phi) is 8.92. The Bertz CT molecular complexity index is 1410. The van der Waals surface area contributed by atoms with Crippen molar-refractivity contribution in [3.8, 4) is 0 Å². The smallest absolute Gasteiger partial charge is 0.244 e. The summed E-state index contributed by atoms with van der Waals surface area (Å²) in [4.78, 5) is 27.3. The van der Waals surface area contributed by atoms with Crippen molar-refractivity contribution in [1.82, 2.24) is 29.4 Å². The minimum Gasteiger partial charge on any atom is -0.365 e. The highest BCUT2D eigenvalue weighted by atomic mass is 35.5. The van der Waals surface area contributed by atoms with Crippen LogP contribution in [0.25, 0.3) is 0 Å². The second kappa shape index (κ2) is 12.3. The topological polar surface area (TPSA) is 146 Å². The van der Waals surface area contributed by atoms with Gasteiger partial charge in [0, 0.05) is 39.1 Å². The zero-order valence-electron chi connectivity index (χ0n) is 21.1. The lowest BCUT2D eigenvalue weighted by Crippen LogP contribution is -2.38. The third-order valence-corrected chi connectivity index (χ3v) is 6.81. The van der Waals surface area contributed by atoms with Gasteiger partial charge in [-0.05, 0) is 24.0 Å². The van der Waals surface area contributed by atoms with Gasteiger partial charge in [0.15, 0.2) is 5.82 Å². The molecule has 0 radical (unpaired) electrons. The predicted molar refractivity (Wildman–Crippen MR) is 147 cm³/mol. The van der Waals surface area contributed by atoms with Gasteiger partial charge in [0.2, 0.25) is 21.9 Å². The Hall–Kier alpha value is -3.55. The van der Waals surface area contributed by atoms with Gasteiger partial charge < -0.3 is 15.5 Å². The van der Waals surface area contributed by atoms with Crippen molar-refractivity contribution in [3.63, 3.8) is 0 Å². The van der Waals surface area contributed by atoms with Crippen LogP contribution in [0.4, 0.5) is 17.5 Å². The summed E-state index contributed by atoms with van der Waals surface area (Å²) in [7, 11) is -1.56. The Labute approximate surface area is 226 Å². The first kappa shape index (κ1) is 27.5. The normalized spacial score (nSPS) is 15.8. The van der Waals surface area contributed by atoms with E-state index in [1.165, 1.54) is 6.20 Å². The van der Waals surface area contributed by atoms with E-state index in [0.717, 1.165) is 36.8 Å². The molecular weight excluding hydrogens is 530 g/mol. The summed E-state index contributed by atoms with van der Waals surface area (Å²) in [6.07, 6.45) is 9.63. The first-order valence-corrected chi connectivity index (χ1v) is 14.3. The molecule has 1 saturated heterocycles. The zero-order chi connectivity index (χ0) is 27.1. The molecule has 38 heavy (non-hydrogen) atoms. The quantitative estimate of drug-likeness (QED) is 0.304. The number of nitrogens with zero attached hydrogens (tertiary/aromatic N) is 6. The van der Waals surface area contributed by atoms with E-state index in [-0.39, 0.29) is 25.0 Å². The lowest BCUT2D eigenvalue weighted by molar-refractivity contribution is -0.131. The molecule has 1 aromatic carbocycles. The van der Waals surface area contributed by atoms with Gasteiger partial charge in [0.25, 0.3) is 0 Å². The van der Waals surface area contributed by atoms with Crippen LogP contribution in [0, 0.1) is 0 Å². The molecule has 0 aliphatic carbocycles. The standard InChI is InChI=1S/C24H30ClN9O3S/c1-26-13-20-7-4-8-34(20)22(35)16-33-15-19(12-29-33)31-24-28-14-21(25)23(32-24)27-10-17-5-3-6-18(9-17)11-30-38(2,36)37/h3,5-6,9,12-15,20,30H,4,7-8,10-11,16H2,1-2H3,(H2,27,28,31,32). The number of benzene rings is 1. The number of hydrogen-bond donors (Lipinski definition) is 3. The van der Waals surface area contributed by atoms with E-state index < -0.39 is 10.0 Å². The summed E-state index contributed by atoms with van der Waals surface area (Å²) in [6, 6.07) is 7.56. The SMILES string of the molecule is CN=CC1CCCN1C(=O)Cn1cc(Nc2ncc(Cl)c(NCc3cccc(CNS(C)(=O)=O)c3)n2)cn1. The van der Waals surface area contributed by atoms with Gasteiger partial charge in [0.1, 0.15) is 11.6 Å². The molecule has 0 saturated carbocycles. The van der Waals surface area contributed by atoms with Crippen LogP contribution in [-0.2, 0) is 34.5 Å². The Balaban J connectivity index is 1.35. The third-order valence-electron chi connectivity index (χ3n) is 5.86. The first-order valence-electron chi connectivity index (χ1n) is 12.0. The zero-order valence-corrected chi connectivity index (χ0v) is 22.7. The molecule has 0 spiro atoms. The van der Waals surface area contributed by atoms with E-state index in [1.54, 1.807) is 24.1 Å². The van der Waals surface area contributed by atoms with Gasteiger partial charge >= 0.3 is 0 Å². The molecule has 1 fully saturated rings. The number of anilines is 3. The molecule has 202 valence electrons. The van der Waals surface area contributed by atoms with Gasteiger partial charge in [0.05, 0.1) is 30.4 Å². The number of carbonyl (C=O) groups is 1. The second-order valence-electron chi connectivity index (χ2n) is 8.91. The highest BCUT2D eigenvalue weighted by Crippen LogP contribution is 2.22. The number of aromatic nitrogens is 4. The van der Waals surface area contributed by atoms with Crippen molar-refractivity contribution in [1.29, 1.82) is 0 Å². The Morgan fingerprint density at radius 2 is 2.05 bits per heavy atom. The van der Waals surface area contributed by atoms with Crippen LogP contribution < -0.4 is 15.4 Å². The molecule has 2 aromatic heterocycles. The number of hydrogen-bond acceptors (Lipinski definition) is 9. The summed E-state index contributed by atoms with van der Waals surface area (Å²) < 4.78 is 26.8. The summed E-state index contributed by atoms with van der Waals surface area (Å²) in [5.41, 5.74) is 2.39. The molecule has 0 bridgehead atoms. The van der Waals surface area contributed by atoms with Crippen LogP contribution in [0.1, 0.15) is 24.0 Å². The van der Waals surface area contributed by atoms with Crippen LogP contribution in [0.5, 0.6) is 0 Å². The summed E-state index contributed by atoms with van der Waals surface area (Å²) >= 11 is 6.29. The van der Waals surface area contributed by atoms with Gasteiger partial charge in [-0.15, -0.1) is 0 Å². The first-order chi connectivity index (χ1) is 18.2. The molecule has 14 heteroatoms. The number of likely N-dealkylation sites (tertiary alicyclic amines) is 1. The molecule has 12 nitrogen and oxygen atoms in total. The predicted octanol–water partition coefficient (Wildman–Crippen LogP) is 2.42. The fourth-order valence-electron chi connectivity index (χ4n) is 4.10. The molecule has 3 aromatic rings. The largest absolute Gasteiger partial charge is 0.365 e. The minimum absolute atomic E-state index is 0.00699. The van der Waals surface area contributed by atoms with E-state index in [0.29, 0.717) is 29.0 Å². The van der Waals surface area contributed by atoms with E-state index >= 15 is 0 Å². The van der Waals surface area contributed by atoms with E-state index in [2.05, 4.69) is 35.4 Å². The number of sulfonamides is 1. The lowest BCUT2D eigenvalue weighted by Gasteiger charge is -2.21. The van der Waals surface area contributed by atoms with Crippen LogP contribution >= 0.6 is 11.6 Å². The van der Waals surface area contributed by atoms with Gasteiger partial charge in [-0.1, -0.05) is 35.9 Å². The van der Waals surface area contributed by atoms with E-state index in [1.807, 2.05) is 35.4 Å². The van der Waals surface area contributed by atoms with Crippen molar-refractivity contribution < 1.29 is 13.2 Å². The van der Waals surface area contributed by atoms with Gasteiger partial charge in [-0.3, -0.25) is 14.5 Å². The molecule has 1 aliphatic heterocycles. The minimum atomic E-state index is -3.28. The number of carbonyl (C=O) groups excluding carboxylic acids is 1. The fourth-order valence-corrected chi connectivity index (χ4v) is 4.69. The van der Waals surface area contributed by atoms with E-state index in [9.17, 15) is 13.2 Å². The van der Waals surface area contributed by atoms with Crippen molar-refractivity contribution in [2.24, 2.45) is 4.99 Å². The molecule has 1 amide bonds. The molecular formula is C24H30ClN9O3S. The maximum Gasteiger partial charge on any atom is 0.244 e. The van der Waals surface area contributed by atoms with Gasteiger partial charge in [-0.25, -0.2) is 18.1 Å². The molecule has 1 atom stereocenters. The number of aliphatic imine (C=N–C) groups is 1. The number of rotatable bonds is 11. The fraction of sp³-hybridized carbons (Fsp3) is 0.375. The lowest BCUT2D eigenvalue weighted by atomic mass is 10.1. The Morgan fingerprint density at radius 1 is 1.26 bits per heavy atom. The molecule has 1 unspecified atom stereocenters. The maximum absolute atomic E-state index is 12.7. The van der Waals surface area contributed by atoms with Crippen LogP contribution in [0.2, 0.25) is 5.02 Å². The number of amides is 1. The summed E-state index contributed by atoms with van der Waals surface area (Å²) in [6.45, 7) is 1.48. The molecule has 1 aliphatic rings.